The van der Waals surface area contributed by atoms with Gasteiger partial charge in [-0.1, -0.05) is 0 Å². The normalized spacial score (nSPS) is 32.6. The van der Waals surface area contributed by atoms with Crippen LogP contribution in [0.2, 0.25) is 0 Å². The van der Waals surface area contributed by atoms with Crippen LogP contribution in [0.25, 0.3) is 0 Å². The molecule has 0 aromatic carbocycles. The van der Waals surface area contributed by atoms with Crippen LogP contribution in [0.3, 0.4) is 0 Å². The highest BCUT2D eigenvalue weighted by molar-refractivity contribution is 7.91. The minimum atomic E-state index is -3.00. The van der Waals surface area contributed by atoms with Gasteiger partial charge in [0, 0.05) is 12.1 Å². The molecule has 2 rings (SSSR count). The fraction of sp³-hybridized carbons (Fsp3) is 0.933. The Morgan fingerprint density at radius 2 is 1.95 bits per heavy atom. The Morgan fingerprint density at radius 3 is 2.52 bits per heavy atom. The second kappa shape index (κ2) is 6.65. The summed E-state index contributed by atoms with van der Waals surface area (Å²) in [6.07, 6.45) is 4.71. The number of amides is 1. The van der Waals surface area contributed by atoms with Gasteiger partial charge in [0.2, 0.25) is 5.91 Å². The Hall–Kier alpha value is -0.620. The van der Waals surface area contributed by atoms with Gasteiger partial charge in [-0.05, 0) is 59.7 Å². The molecule has 21 heavy (non-hydrogen) atoms. The van der Waals surface area contributed by atoms with E-state index in [1.807, 2.05) is 19.0 Å². The van der Waals surface area contributed by atoms with Crippen LogP contribution in [0.4, 0.5) is 0 Å². The van der Waals surface area contributed by atoms with Crippen molar-refractivity contribution in [2.45, 2.75) is 51.1 Å². The van der Waals surface area contributed by atoms with E-state index in [0.29, 0.717) is 6.42 Å². The van der Waals surface area contributed by atoms with Crippen molar-refractivity contribution >= 4 is 15.7 Å². The minimum Gasteiger partial charge on any atom is -0.337 e. The lowest BCUT2D eigenvalue weighted by molar-refractivity contribution is -0.141. The zero-order chi connectivity index (χ0) is 15.6. The maximum atomic E-state index is 12.8. The molecule has 2 heterocycles. The molecule has 2 aliphatic rings. The van der Waals surface area contributed by atoms with E-state index in [0.717, 1.165) is 32.2 Å². The molecule has 1 amide bonds. The van der Waals surface area contributed by atoms with Crippen LogP contribution >= 0.6 is 0 Å². The predicted octanol–water partition coefficient (Wildman–Crippen LogP) is 1.14. The summed E-state index contributed by atoms with van der Waals surface area (Å²) >= 11 is 0. The van der Waals surface area contributed by atoms with Crippen molar-refractivity contribution in [1.29, 1.82) is 0 Å². The molecule has 0 radical (unpaired) electrons. The quantitative estimate of drug-likeness (QED) is 0.780. The molecule has 122 valence electrons. The number of carbonyl (C=O) groups excluding carboxylic acids is 1. The Morgan fingerprint density at radius 1 is 1.24 bits per heavy atom. The van der Waals surface area contributed by atoms with Crippen LogP contribution in [0, 0.1) is 5.92 Å². The molecule has 2 saturated heterocycles. The van der Waals surface area contributed by atoms with Crippen LogP contribution in [0.1, 0.15) is 39.0 Å². The molecule has 2 fully saturated rings. The summed E-state index contributed by atoms with van der Waals surface area (Å²) < 4.78 is 23.3. The summed E-state index contributed by atoms with van der Waals surface area (Å²) in [6, 6.07) is 0.508. The van der Waals surface area contributed by atoms with Gasteiger partial charge < -0.3 is 9.80 Å². The van der Waals surface area contributed by atoms with Crippen molar-refractivity contribution in [3.8, 4) is 0 Å². The summed E-state index contributed by atoms with van der Waals surface area (Å²) in [5, 5.41) is 0. The van der Waals surface area contributed by atoms with Crippen molar-refractivity contribution in [2.75, 3.05) is 32.1 Å². The van der Waals surface area contributed by atoms with Gasteiger partial charge >= 0.3 is 0 Å². The largest absolute Gasteiger partial charge is 0.337 e. The van der Waals surface area contributed by atoms with Gasteiger partial charge in [0.15, 0.2) is 9.84 Å². The number of carbonyl (C=O) groups is 1. The first-order valence-corrected chi connectivity index (χ1v) is 9.79. The van der Waals surface area contributed by atoms with E-state index in [1.54, 1.807) is 0 Å². The van der Waals surface area contributed by atoms with E-state index in [1.165, 1.54) is 0 Å². The fourth-order valence-corrected chi connectivity index (χ4v) is 5.31. The highest BCUT2D eigenvalue weighted by Gasteiger charge is 2.40. The van der Waals surface area contributed by atoms with Crippen molar-refractivity contribution in [2.24, 2.45) is 5.92 Å². The summed E-state index contributed by atoms with van der Waals surface area (Å²) in [7, 11) is 1.09. The average molecular weight is 316 g/mol. The lowest BCUT2D eigenvalue weighted by Gasteiger charge is -2.42. The number of piperidine rings is 1. The zero-order valence-electron chi connectivity index (χ0n) is 13.4. The van der Waals surface area contributed by atoms with Gasteiger partial charge in [-0.2, -0.15) is 0 Å². The molecule has 0 aromatic rings. The first kappa shape index (κ1) is 16.7. The molecule has 0 spiro atoms. The standard InChI is InChI=1S/C15H28N2O3S/c1-12-5-4-6-14(7-9-16(2)3)17(12)15(18)13-8-10-21(19,20)11-13/h12-14H,4-11H2,1-3H3. The van der Waals surface area contributed by atoms with Crippen molar-refractivity contribution in [1.82, 2.24) is 9.80 Å². The predicted molar refractivity (Wildman–Crippen MR) is 83.9 cm³/mol. The molecule has 6 heteroatoms. The minimum absolute atomic E-state index is 0.0510. The van der Waals surface area contributed by atoms with Crippen molar-refractivity contribution in [3.05, 3.63) is 0 Å². The van der Waals surface area contributed by atoms with Gasteiger partial charge in [0.1, 0.15) is 0 Å². The number of hydrogen-bond donors (Lipinski definition) is 0. The molecule has 5 nitrogen and oxygen atoms in total. The molecule has 0 aromatic heterocycles. The Kier molecular flexibility index (Phi) is 5.30. The summed E-state index contributed by atoms with van der Waals surface area (Å²) in [6.45, 7) is 3.06. The maximum absolute atomic E-state index is 12.8. The molecule has 0 bridgehead atoms. The molecule has 3 unspecified atom stereocenters. The number of sulfone groups is 1. The number of hydrogen-bond acceptors (Lipinski definition) is 4. The zero-order valence-corrected chi connectivity index (χ0v) is 14.2. The van der Waals surface area contributed by atoms with Crippen LogP contribution in [-0.4, -0.2) is 68.4 Å². The van der Waals surface area contributed by atoms with Crippen LogP contribution < -0.4 is 0 Å². The van der Waals surface area contributed by atoms with E-state index in [4.69, 9.17) is 0 Å². The third-order valence-corrected chi connectivity index (χ3v) is 6.54. The highest BCUT2D eigenvalue weighted by atomic mass is 32.2. The van der Waals surface area contributed by atoms with E-state index < -0.39 is 9.84 Å². The first-order valence-electron chi connectivity index (χ1n) is 7.97. The van der Waals surface area contributed by atoms with E-state index >= 15 is 0 Å². The molecule has 3 atom stereocenters. The van der Waals surface area contributed by atoms with Gasteiger partial charge in [-0.25, -0.2) is 8.42 Å². The van der Waals surface area contributed by atoms with Crippen LogP contribution in [0.15, 0.2) is 0 Å². The van der Waals surface area contributed by atoms with Crippen LogP contribution in [0.5, 0.6) is 0 Å². The van der Waals surface area contributed by atoms with Gasteiger partial charge in [-0.3, -0.25) is 4.79 Å². The summed E-state index contributed by atoms with van der Waals surface area (Å²) in [5.41, 5.74) is 0. The second-order valence-corrected chi connectivity index (χ2v) is 9.10. The highest BCUT2D eigenvalue weighted by Crippen LogP contribution is 2.30. The number of nitrogens with zero attached hydrogens (tertiary/aromatic N) is 2. The van der Waals surface area contributed by atoms with E-state index in [-0.39, 0.29) is 35.4 Å². The third-order valence-electron chi connectivity index (χ3n) is 4.77. The number of likely N-dealkylation sites (tertiary alicyclic amines) is 1. The lowest BCUT2D eigenvalue weighted by Crippen LogP contribution is -2.52. The fourth-order valence-electron chi connectivity index (χ4n) is 3.58. The third kappa shape index (κ3) is 4.19. The SMILES string of the molecule is CC1CCCC(CCN(C)C)N1C(=O)C1CCS(=O)(=O)C1. The summed E-state index contributed by atoms with van der Waals surface area (Å²) in [4.78, 5) is 17.0. The monoisotopic (exact) mass is 316 g/mol. The Bertz CT molecular complexity index is 475. The van der Waals surface area contributed by atoms with Gasteiger partial charge in [0.05, 0.1) is 17.4 Å². The molecular formula is C15H28N2O3S. The lowest BCUT2D eigenvalue weighted by atomic mass is 9.92. The Labute approximate surface area is 128 Å². The van der Waals surface area contributed by atoms with Crippen molar-refractivity contribution in [3.63, 3.8) is 0 Å². The van der Waals surface area contributed by atoms with Gasteiger partial charge in [0.25, 0.3) is 0 Å². The van der Waals surface area contributed by atoms with E-state index in [2.05, 4.69) is 11.8 Å². The summed E-state index contributed by atoms with van der Waals surface area (Å²) in [5.74, 6) is -0.00636. The molecule has 0 aliphatic carbocycles. The smallest absolute Gasteiger partial charge is 0.227 e. The molecular weight excluding hydrogens is 288 g/mol. The first-order chi connectivity index (χ1) is 9.80. The molecule has 2 aliphatic heterocycles. The van der Waals surface area contributed by atoms with Crippen LogP contribution in [-0.2, 0) is 14.6 Å². The van der Waals surface area contributed by atoms with E-state index in [9.17, 15) is 13.2 Å². The second-order valence-electron chi connectivity index (χ2n) is 6.87. The Balaban J connectivity index is 2.06. The van der Waals surface area contributed by atoms with Crippen molar-refractivity contribution < 1.29 is 13.2 Å². The average Bonchev–Trinajstić information content (AvgIpc) is 2.76. The molecule has 0 N–H and O–H groups in total. The topological polar surface area (TPSA) is 57.7 Å². The maximum Gasteiger partial charge on any atom is 0.227 e. The van der Waals surface area contributed by atoms with Gasteiger partial charge in [-0.15, -0.1) is 0 Å². The molecule has 0 saturated carbocycles. The number of rotatable bonds is 4.